The minimum atomic E-state index is -0.267. The Hall–Kier alpha value is -0.220. The fraction of sp³-hybridized carbons (Fsp3) is 0.889. The molecule has 0 atom stereocenters. The molecule has 0 aromatic rings. The summed E-state index contributed by atoms with van der Waals surface area (Å²) in [5, 5.41) is 3.24. The Kier molecular flexibility index (Phi) is 3.62. The zero-order valence-corrected chi connectivity index (χ0v) is 9.41. The summed E-state index contributed by atoms with van der Waals surface area (Å²) in [7, 11) is 0. The Morgan fingerprint density at radius 1 is 1.38 bits per heavy atom. The number of hydrogen-bond donors (Lipinski definition) is 1. The highest BCUT2D eigenvalue weighted by atomic mass is 32.2. The van der Waals surface area contributed by atoms with Crippen molar-refractivity contribution in [3.63, 3.8) is 0 Å². The zero-order valence-electron chi connectivity index (χ0n) is 8.59. The van der Waals surface area contributed by atoms with Crippen LogP contribution in [0.1, 0.15) is 13.8 Å². The molecule has 1 fully saturated rings. The molecule has 1 aliphatic rings. The van der Waals surface area contributed by atoms with E-state index in [0.29, 0.717) is 0 Å². The molecule has 1 N–H and O–H groups in total. The number of piperazine rings is 1. The van der Waals surface area contributed by atoms with Crippen LogP contribution in [0.3, 0.4) is 0 Å². The average molecular weight is 202 g/mol. The van der Waals surface area contributed by atoms with Crippen LogP contribution in [-0.4, -0.2) is 48.0 Å². The lowest BCUT2D eigenvalue weighted by molar-refractivity contribution is -0.133. The number of carbonyl (C=O) groups excluding carboxylic acids is 1. The van der Waals surface area contributed by atoms with E-state index in [-0.39, 0.29) is 10.7 Å². The van der Waals surface area contributed by atoms with Crippen LogP contribution in [0.2, 0.25) is 0 Å². The van der Waals surface area contributed by atoms with E-state index in [2.05, 4.69) is 5.32 Å². The van der Waals surface area contributed by atoms with E-state index in [9.17, 15) is 4.79 Å². The zero-order chi connectivity index (χ0) is 9.90. The van der Waals surface area contributed by atoms with Crippen LogP contribution in [0.15, 0.2) is 0 Å². The first-order valence-electron chi connectivity index (χ1n) is 4.63. The highest BCUT2D eigenvalue weighted by Gasteiger charge is 2.31. The van der Waals surface area contributed by atoms with Crippen LogP contribution < -0.4 is 5.32 Å². The van der Waals surface area contributed by atoms with Gasteiger partial charge < -0.3 is 10.2 Å². The van der Waals surface area contributed by atoms with Gasteiger partial charge in [-0.25, -0.2) is 0 Å². The highest BCUT2D eigenvalue weighted by Crippen LogP contribution is 2.23. The van der Waals surface area contributed by atoms with Gasteiger partial charge in [0.2, 0.25) is 5.91 Å². The van der Waals surface area contributed by atoms with Gasteiger partial charge in [-0.15, -0.1) is 11.8 Å². The number of thioether (sulfide) groups is 1. The van der Waals surface area contributed by atoms with Gasteiger partial charge in [-0.1, -0.05) is 0 Å². The maximum Gasteiger partial charge on any atom is 0.238 e. The molecular formula is C9H18N2OS. The number of rotatable bonds is 2. The van der Waals surface area contributed by atoms with Gasteiger partial charge in [-0.3, -0.25) is 4.79 Å². The number of carbonyl (C=O) groups is 1. The van der Waals surface area contributed by atoms with E-state index in [1.807, 2.05) is 25.0 Å². The lowest BCUT2D eigenvalue weighted by Gasteiger charge is -2.33. The van der Waals surface area contributed by atoms with E-state index < -0.39 is 0 Å². The Morgan fingerprint density at radius 2 is 1.92 bits per heavy atom. The molecular weight excluding hydrogens is 184 g/mol. The lowest BCUT2D eigenvalue weighted by atomic mass is 10.1. The summed E-state index contributed by atoms with van der Waals surface area (Å²) in [5.74, 6) is 0.265. The molecule has 0 aliphatic carbocycles. The standard InChI is InChI=1S/C9H18N2OS/c1-9(2,13-3)8(12)11-6-4-10-5-7-11/h10H,4-7H2,1-3H3. The lowest BCUT2D eigenvalue weighted by Crippen LogP contribution is -2.51. The summed E-state index contributed by atoms with van der Waals surface area (Å²) in [6, 6.07) is 0. The fourth-order valence-corrected chi connectivity index (χ4v) is 1.64. The maximum absolute atomic E-state index is 11.9. The van der Waals surface area contributed by atoms with Crippen molar-refractivity contribution in [3.8, 4) is 0 Å². The molecule has 1 aliphatic heterocycles. The van der Waals surface area contributed by atoms with Crippen LogP contribution in [-0.2, 0) is 4.79 Å². The van der Waals surface area contributed by atoms with Gasteiger partial charge in [0.15, 0.2) is 0 Å². The van der Waals surface area contributed by atoms with Gasteiger partial charge in [-0.2, -0.15) is 0 Å². The minimum Gasteiger partial charge on any atom is -0.339 e. The molecule has 0 radical (unpaired) electrons. The molecule has 0 bridgehead atoms. The third-order valence-electron chi connectivity index (χ3n) is 2.43. The van der Waals surface area contributed by atoms with Gasteiger partial charge in [0, 0.05) is 26.2 Å². The number of hydrogen-bond acceptors (Lipinski definition) is 3. The maximum atomic E-state index is 11.9. The van der Waals surface area contributed by atoms with Gasteiger partial charge in [0.25, 0.3) is 0 Å². The van der Waals surface area contributed by atoms with E-state index >= 15 is 0 Å². The fourth-order valence-electron chi connectivity index (χ4n) is 1.34. The second-order valence-electron chi connectivity index (χ2n) is 3.76. The molecule has 4 heteroatoms. The van der Waals surface area contributed by atoms with Crippen molar-refractivity contribution in [3.05, 3.63) is 0 Å². The molecule has 0 aromatic carbocycles. The first-order chi connectivity index (χ1) is 6.08. The van der Waals surface area contributed by atoms with Gasteiger partial charge in [0.1, 0.15) is 0 Å². The highest BCUT2D eigenvalue weighted by molar-refractivity contribution is 8.00. The second-order valence-corrected chi connectivity index (χ2v) is 5.19. The van der Waals surface area contributed by atoms with Crippen molar-refractivity contribution in [1.82, 2.24) is 10.2 Å². The number of nitrogens with zero attached hydrogens (tertiary/aromatic N) is 1. The molecule has 13 heavy (non-hydrogen) atoms. The predicted molar refractivity (Wildman–Crippen MR) is 57.0 cm³/mol. The van der Waals surface area contributed by atoms with Gasteiger partial charge >= 0.3 is 0 Å². The van der Waals surface area contributed by atoms with Gasteiger partial charge in [-0.05, 0) is 20.1 Å². The van der Waals surface area contributed by atoms with Crippen molar-refractivity contribution in [2.45, 2.75) is 18.6 Å². The summed E-state index contributed by atoms with van der Waals surface area (Å²) < 4.78 is -0.267. The molecule has 0 aromatic heterocycles. The molecule has 1 amide bonds. The molecule has 0 saturated carbocycles. The first-order valence-corrected chi connectivity index (χ1v) is 5.85. The summed E-state index contributed by atoms with van der Waals surface area (Å²) in [5.41, 5.74) is 0. The third-order valence-corrected chi connectivity index (χ3v) is 3.62. The average Bonchev–Trinajstić information content (AvgIpc) is 2.18. The van der Waals surface area contributed by atoms with Crippen molar-refractivity contribution < 1.29 is 4.79 Å². The van der Waals surface area contributed by atoms with E-state index in [4.69, 9.17) is 0 Å². The largest absolute Gasteiger partial charge is 0.339 e. The quantitative estimate of drug-likeness (QED) is 0.710. The van der Waals surface area contributed by atoms with Crippen LogP contribution in [0.4, 0.5) is 0 Å². The van der Waals surface area contributed by atoms with Crippen LogP contribution in [0.5, 0.6) is 0 Å². The SMILES string of the molecule is CSC(C)(C)C(=O)N1CCNCC1. The number of amides is 1. The molecule has 3 nitrogen and oxygen atoms in total. The molecule has 1 saturated heterocycles. The molecule has 0 spiro atoms. The van der Waals surface area contributed by atoms with Crippen molar-refractivity contribution >= 4 is 17.7 Å². The van der Waals surface area contributed by atoms with Crippen molar-refractivity contribution in [2.24, 2.45) is 0 Å². The molecule has 1 rings (SSSR count). The van der Waals surface area contributed by atoms with E-state index in [0.717, 1.165) is 26.2 Å². The Balaban J connectivity index is 2.55. The Labute approximate surface area is 84.2 Å². The minimum absolute atomic E-state index is 0.265. The topological polar surface area (TPSA) is 32.3 Å². The summed E-state index contributed by atoms with van der Waals surface area (Å²) in [6.45, 7) is 7.53. The summed E-state index contributed by atoms with van der Waals surface area (Å²) in [4.78, 5) is 13.9. The summed E-state index contributed by atoms with van der Waals surface area (Å²) in [6.07, 6.45) is 1.99. The van der Waals surface area contributed by atoms with Crippen molar-refractivity contribution in [1.29, 1.82) is 0 Å². The van der Waals surface area contributed by atoms with Crippen LogP contribution >= 0.6 is 11.8 Å². The Morgan fingerprint density at radius 3 is 2.38 bits per heavy atom. The summed E-state index contributed by atoms with van der Waals surface area (Å²) >= 11 is 1.62. The van der Waals surface area contributed by atoms with Gasteiger partial charge in [0.05, 0.1) is 4.75 Å². The van der Waals surface area contributed by atoms with Crippen molar-refractivity contribution in [2.75, 3.05) is 32.4 Å². The first kappa shape index (κ1) is 10.9. The van der Waals surface area contributed by atoms with Crippen LogP contribution in [0.25, 0.3) is 0 Å². The van der Waals surface area contributed by atoms with Crippen LogP contribution in [0, 0.1) is 0 Å². The monoisotopic (exact) mass is 202 g/mol. The normalized spacial score (nSPS) is 18.8. The smallest absolute Gasteiger partial charge is 0.238 e. The molecule has 0 unspecified atom stereocenters. The Bertz CT molecular complexity index is 188. The predicted octanol–water partition coefficient (Wildman–Crippen LogP) is 0.560. The molecule has 76 valence electrons. The number of nitrogens with one attached hydrogen (secondary N) is 1. The second kappa shape index (κ2) is 4.33. The molecule has 1 heterocycles. The third kappa shape index (κ3) is 2.61. The van der Waals surface area contributed by atoms with E-state index in [1.165, 1.54) is 0 Å². The van der Waals surface area contributed by atoms with E-state index in [1.54, 1.807) is 11.8 Å².